The molecule has 0 aromatic heterocycles. The van der Waals surface area contributed by atoms with Crippen LogP contribution >= 0.6 is 11.8 Å². The lowest BCUT2D eigenvalue weighted by Crippen LogP contribution is -2.14. The van der Waals surface area contributed by atoms with Gasteiger partial charge in [-0.25, -0.2) is 0 Å². The molecule has 1 atom stereocenters. The highest BCUT2D eigenvalue weighted by molar-refractivity contribution is 7.98. The molecule has 3 N–H and O–H groups in total. The number of rotatable bonds is 7. The minimum atomic E-state index is -0.749. The molecule has 0 radical (unpaired) electrons. The van der Waals surface area contributed by atoms with Crippen molar-refractivity contribution in [3.63, 3.8) is 0 Å². The third kappa shape index (κ3) is 4.17. The Labute approximate surface area is 109 Å². The van der Waals surface area contributed by atoms with Crippen molar-refractivity contribution in [2.75, 3.05) is 24.7 Å². The van der Waals surface area contributed by atoms with Gasteiger partial charge in [0.25, 0.3) is 5.69 Å². The van der Waals surface area contributed by atoms with Crippen LogP contribution in [0.4, 0.5) is 11.4 Å². The van der Waals surface area contributed by atoms with Gasteiger partial charge in [-0.3, -0.25) is 10.1 Å². The Morgan fingerprint density at radius 1 is 1.56 bits per heavy atom. The lowest BCUT2D eigenvalue weighted by molar-refractivity contribution is -0.384. The van der Waals surface area contributed by atoms with Gasteiger partial charge in [-0.2, -0.15) is 11.8 Å². The van der Waals surface area contributed by atoms with E-state index in [1.165, 1.54) is 17.8 Å². The van der Waals surface area contributed by atoms with Gasteiger partial charge in [0.2, 0.25) is 0 Å². The number of aliphatic hydroxyl groups is 2. The van der Waals surface area contributed by atoms with Crippen molar-refractivity contribution in [2.24, 2.45) is 0 Å². The second-order valence-electron chi connectivity index (χ2n) is 3.71. The summed E-state index contributed by atoms with van der Waals surface area (Å²) in [4.78, 5) is 10.4. The molecular weight excluding hydrogens is 256 g/mol. The summed E-state index contributed by atoms with van der Waals surface area (Å²) in [5.74, 6) is 0.958. The zero-order valence-electron chi connectivity index (χ0n) is 10.00. The summed E-state index contributed by atoms with van der Waals surface area (Å²) in [5, 5.41) is 31.4. The predicted octanol–water partition coefficient (Wildman–Crippen LogP) is 1.22. The van der Waals surface area contributed by atoms with Gasteiger partial charge in [-0.1, -0.05) is 6.07 Å². The van der Waals surface area contributed by atoms with E-state index in [-0.39, 0.29) is 12.3 Å². The maximum Gasteiger partial charge on any atom is 0.292 e. The number of anilines is 1. The number of benzene rings is 1. The van der Waals surface area contributed by atoms with Gasteiger partial charge < -0.3 is 15.5 Å². The molecule has 100 valence electrons. The van der Waals surface area contributed by atoms with E-state index in [4.69, 9.17) is 5.11 Å². The fourth-order valence-electron chi connectivity index (χ4n) is 1.39. The number of hydrogen-bond donors (Lipinski definition) is 3. The third-order valence-corrected chi connectivity index (χ3v) is 3.48. The second-order valence-corrected chi connectivity index (χ2v) is 4.74. The normalized spacial score (nSPS) is 12.2. The van der Waals surface area contributed by atoms with Gasteiger partial charge in [0.15, 0.2) is 0 Å². The van der Waals surface area contributed by atoms with Crippen LogP contribution in [-0.2, 0) is 5.75 Å². The molecule has 6 nitrogen and oxygen atoms in total. The first kappa shape index (κ1) is 14.7. The first-order chi connectivity index (χ1) is 8.58. The van der Waals surface area contributed by atoms with Gasteiger partial charge >= 0.3 is 0 Å². The molecule has 0 saturated carbocycles. The highest BCUT2D eigenvalue weighted by atomic mass is 32.2. The molecule has 0 aliphatic rings. The lowest BCUT2D eigenvalue weighted by Gasteiger charge is -2.07. The molecule has 1 aromatic carbocycles. The van der Waals surface area contributed by atoms with Crippen LogP contribution in [0.25, 0.3) is 0 Å². The quantitative estimate of drug-likeness (QED) is 0.510. The Morgan fingerprint density at radius 2 is 2.28 bits per heavy atom. The van der Waals surface area contributed by atoms with Crippen molar-refractivity contribution in [3.05, 3.63) is 33.9 Å². The van der Waals surface area contributed by atoms with Crippen molar-refractivity contribution in [1.82, 2.24) is 0 Å². The largest absolute Gasteiger partial charge is 0.394 e. The van der Waals surface area contributed by atoms with Crippen molar-refractivity contribution >= 4 is 23.1 Å². The van der Waals surface area contributed by atoms with Crippen LogP contribution in [0.3, 0.4) is 0 Å². The highest BCUT2D eigenvalue weighted by Gasteiger charge is 2.13. The van der Waals surface area contributed by atoms with E-state index in [9.17, 15) is 15.2 Å². The van der Waals surface area contributed by atoms with Crippen molar-refractivity contribution in [1.29, 1.82) is 0 Å². The highest BCUT2D eigenvalue weighted by Crippen LogP contribution is 2.26. The number of thioether (sulfide) groups is 1. The molecule has 0 bridgehead atoms. The Kier molecular flexibility index (Phi) is 5.90. The Bertz CT molecular complexity index is 414. The van der Waals surface area contributed by atoms with Crippen LogP contribution in [0.1, 0.15) is 5.56 Å². The maximum atomic E-state index is 10.8. The monoisotopic (exact) mass is 272 g/mol. The maximum absolute atomic E-state index is 10.8. The first-order valence-electron chi connectivity index (χ1n) is 5.40. The molecular formula is C11H16N2O4S. The molecule has 1 unspecified atom stereocenters. The predicted molar refractivity (Wildman–Crippen MR) is 71.9 cm³/mol. The van der Waals surface area contributed by atoms with Gasteiger partial charge in [-0.15, -0.1) is 0 Å². The summed E-state index contributed by atoms with van der Waals surface area (Å²) in [6.07, 6.45) is -0.749. The van der Waals surface area contributed by atoms with Crippen molar-refractivity contribution < 1.29 is 15.1 Å². The molecule has 0 fully saturated rings. The first-order valence-corrected chi connectivity index (χ1v) is 6.55. The van der Waals surface area contributed by atoms with Crippen LogP contribution in [0.5, 0.6) is 0 Å². The van der Waals surface area contributed by atoms with Crippen LogP contribution in [0.15, 0.2) is 18.2 Å². The van der Waals surface area contributed by atoms with Crippen LogP contribution in [0, 0.1) is 10.1 Å². The third-order valence-electron chi connectivity index (χ3n) is 2.32. The molecule has 0 spiro atoms. The minimum Gasteiger partial charge on any atom is -0.394 e. The topological polar surface area (TPSA) is 95.6 Å². The number of nitrogens with one attached hydrogen (secondary N) is 1. The number of hydrogen-bond acceptors (Lipinski definition) is 6. The summed E-state index contributed by atoms with van der Waals surface area (Å²) in [5.41, 5.74) is 1.33. The number of nitro groups is 1. The molecule has 1 aromatic rings. The minimum absolute atomic E-state index is 0.0401. The van der Waals surface area contributed by atoms with E-state index in [0.29, 0.717) is 17.2 Å². The summed E-state index contributed by atoms with van der Waals surface area (Å²) in [6, 6.07) is 4.98. The fraction of sp³-hybridized carbons (Fsp3) is 0.455. The Balaban J connectivity index is 2.67. The van der Waals surface area contributed by atoms with Crippen LogP contribution < -0.4 is 5.32 Å². The SMILES string of the molecule is CNc1ccc(CSCC(O)CO)cc1[N+](=O)[O-]. The summed E-state index contributed by atoms with van der Waals surface area (Å²) >= 11 is 1.42. The second kappa shape index (κ2) is 7.20. The van der Waals surface area contributed by atoms with Crippen molar-refractivity contribution in [3.8, 4) is 0 Å². The van der Waals surface area contributed by atoms with Crippen molar-refractivity contribution in [2.45, 2.75) is 11.9 Å². The lowest BCUT2D eigenvalue weighted by atomic mass is 10.2. The van der Waals surface area contributed by atoms with E-state index in [1.54, 1.807) is 19.2 Å². The molecule has 0 saturated heterocycles. The molecule has 0 aliphatic heterocycles. The molecule has 0 heterocycles. The van der Waals surface area contributed by atoms with Crippen LogP contribution in [0.2, 0.25) is 0 Å². The Hall–Kier alpha value is -1.31. The fourth-order valence-corrected chi connectivity index (χ4v) is 2.31. The summed E-state index contributed by atoms with van der Waals surface area (Å²) < 4.78 is 0. The van der Waals surface area contributed by atoms with E-state index in [1.807, 2.05) is 0 Å². The number of aliphatic hydroxyl groups excluding tert-OH is 2. The molecule has 1 rings (SSSR count). The standard InChI is InChI=1S/C11H16N2O4S/c1-12-10-3-2-8(4-11(10)13(16)17)6-18-7-9(15)5-14/h2-4,9,12,14-15H,5-7H2,1H3. The molecule has 0 amide bonds. The number of nitrogens with zero attached hydrogens (tertiary/aromatic N) is 1. The summed E-state index contributed by atoms with van der Waals surface area (Å²) in [6.45, 7) is -0.272. The average Bonchev–Trinajstić information content (AvgIpc) is 2.38. The van der Waals surface area contributed by atoms with Gasteiger partial charge in [0.1, 0.15) is 5.69 Å². The number of nitro benzene ring substituents is 1. The molecule has 7 heteroatoms. The van der Waals surface area contributed by atoms with E-state index < -0.39 is 11.0 Å². The van der Waals surface area contributed by atoms with Gasteiger partial charge in [0, 0.05) is 24.6 Å². The molecule has 18 heavy (non-hydrogen) atoms. The average molecular weight is 272 g/mol. The van der Waals surface area contributed by atoms with Gasteiger partial charge in [-0.05, 0) is 11.6 Å². The Morgan fingerprint density at radius 3 is 2.83 bits per heavy atom. The summed E-state index contributed by atoms with van der Waals surface area (Å²) in [7, 11) is 1.63. The van der Waals surface area contributed by atoms with E-state index >= 15 is 0 Å². The molecule has 0 aliphatic carbocycles. The van der Waals surface area contributed by atoms with E-state index in [2.05, 4.69) is 5.32 Å². The zero-order chi connectivity index (χ0) is 13.5. The van der Waals surface area contributed by atoms with E-state index in [0.717, 1.165) is 5.56 Å². The van der Waals surface area contributed by atoms with Gasteiger partial charge in [0.05, 0.1) is 17.6 Å². The van der Waals surface area contributed by atoms with Crippen LogP contribution in [-0.4, -0.2) is 40.6 Å². The smallest absolute Gasteiger partial charge is 0.292 e. The zero-order valence-corrected chi connectivity index (χ0v) is 10.8.